The lowest BCUT2D eigenvalue weighted by Crippen LogP contribution is -2.06. The fourth-order valence-electron chi connectivity index (χ4n) is 1.43. The lowest BCUT2D eigenvalue weighted by Gasteiger charge is -1.93. The van der Waals surface area contributed by atoms with Crippen LogP contribution in [-0.2, 0) is 6.42 Å². The number of benzene rings is 1. The van der Waals surface area contributed by atoms with Gasteiger partial charge in [-0.15, -0.1) is 0 Å². The Labute approximate surface area is 73.5 Å². The molecule has 0 atom stereocenters. The Kier molecular flexibility index (Phi) is 1.62. The summed E-state index contributed by atoms with van der Waals surface area (Å²) in [5.41, 5.74) is 1.08. The highest BCUT2D eigenvalue weighted by Gasteiger charge is 2.26. The highest BCUT2D eigenvalue weighted by Crippen LogP contribution is 2.20. The number of Topliss-reactive ketones (excluding diaryl/α,β-unsaturated/α-hetero) is 1. The number of carbonyl (C=O) groups is 1. The van der Waals surface area contributed by atoms with E-state index in [0.717, 1.165) is 0 Å². The molecule has 0 saturated heterocycles. The second-order valence-corrected chi connectivity index (χ2v) is 2.85. The van der Waals surface area contributed by atoms with Crippen LogP contribution in [0.15, 0.2) is 23.4 Å². The van der Waals surface area contributed by atoms with E-state index in [1.807, 2.05) is 0 Å². The molecule has 0 aliphatic heterocycles. The first-order chi connectivity index (χ1) is 6.22. The van der Waals surface area contributed by atoms with Crippen LogP contribution in [0.2, 0.25) is 0 Å². The molecular formula is C9H6FNO2. The SMILES string of the molecule is O=C1/C(=N/O)Cc2cc(F)ccc21. The summed E-state index contributed by atoms with van der Waals surface area (Å²) in [7, 11) is 0. The van der Waals surface area contributed by atoms with Crippen LogP contribution in [0, 0.1) is 5.82 Å². The van der Waals surface area contributed by atoms with Gasteiger partial charge in [0, 0.05) is 12.0 Å². The Balaban J connectivity index is 2.56. The lowest BCUT2D eigenvalue weighted by molar-refractivity contribution is 0.106. The van der Waals surface area contributed by atoms with Gasteiger partial charge in [-0.3, -0.25) is 4.79 Å². The lowest BCUT2D eigenvalue weighted by atomic mass is 10.1. The summed E-state index contributed by atoms with van der Waals surface area (Å²) in [6, 6.07) is 3.91. The van der Waals surface area contributed by atoms with Gasteiger partial charge in [0.05, 0.1) is 0 Å². The maximum Gasteiger partial charge on any atom is 0.211 e. The zero-order valence-electron chi connectivity index (χ0n) is 6.62. The van der Waals surface area contributed by atoms with Crippen molar-refractivity contribution in [2.45, 2.75) is 6.42 Å². The molecule has 1 aromatic rings. The molecule has 1 aliphatic carbocycles. The van der Waals surface area contributed by atoms with E-state index in [1.165, 1.54) is 18.2 Å². The van der Waals surface area contributed by atoms with Gasteiger partial charge < -0.3 is 5.21 Å². The Morgan fingerprint density at radius 2 is 2.23 bits per heavy atom. The summed E-state index contributed by atoms with van der Waals surface area (Å²) in [4.78, 5) is 11.3. The van der Waals surface area contributed by atoms with E-state index in [-0.39, 0.29) is 23.7 Å². The van der Waals surface area contributed by atoms with Crippen molar-refractivity contribution in [1.29, 1.82) is 0 Å². The molecule has 4 heteroatoms. The van der Waals surface area contributed by atoms with Gasteiger partial charge in [0.15, 0.2) is 0 Å². The van der Waals surface area contributed by atoms with E-state index < -0.39 is 0 Å². The third kappa shape index (κ3) is 1.11. The number of ketones is 1. The molecule has 3 nitrogen and oxygen atoms in total. The molecule has 0 spiro atoms. The zero-order chi connectivity index (χ0) is 9.42. The average molecular weight is 179 g/mol. The zero-order valence-corrected chi connectivity index (χ0v) is 6.62. The monoisotopic (exact) mass is 179 g/mol. The van der Waals surface area contributed by atoms with E-state index in [1.54, 1.807) is 0 Å². The molecule has 0 fully saturated rings. The van der Waals surface area contributed by atoms with Crippen molar-refractivity contribution >= 4 is 11.5 Å². The van der Waals surface area contributed by atoms with Crippen LogP contribution in [0.4, 0.5) is 4.39 Å². The van der Waals surface area contributed by atoms with Crippen molar-refractivity contribution in [3.63, 3.8) is 0 Å². The fourth-order valence-corrected chi connectivity index (χ4v) is 1.43. The highest BCUT2D eigenvalue weighted by molar-refractivity contribution is 6.49. The molecule has 0 unspecified atom stereocenters. The van der Waals surface area contributed by atoms with Crippen molar-refractivity contribution in [2.24, 2.45) is 5.16 Å². The average Bonchev–Trinajstić information content (AvgIpc) is 2.42. The molecule has 0 amide bonds. The van der Waals surface area contributed by atoms with E-state index in [2.05, 4.69) is 5.16 Å². The van der Waals surface area contributed by atoms with Crippen LogP contribution in [0.5, 0.6) is 0 Å². The normalized spacial score (nSPS) is 17.9. The summed E-state index contributed by atoms with van der Waals surface area (Å²) in [6.07, 6.45) is 0.211. The minimum absolute atomic E-state index is 0.0700. The predicted molar refractivity (Wildman–Crippen MR) is 43.7 cm³/mol. The summed E-state index contributed by atoms with van der Waals surface area (Å²) in [6.45, 7) is 0. The first-order valence-corrected chi connectivity index (χ1v) is 3.76. The largest absolute Gasteiger partial charge is 0.411 e. The molecule has 0 bridgehead atoms. The van der Waals surface area contributed by atoms with E-state index in [0.29, 0.717) is 11.1 Å². The van der Waals surface area contributed by atoms with Crippen LogP contribution in [0.3, 0.4) is 0 Å². The number of nitrogens with zero attached hydrogens (tertiary/aromatic N) is 1. The number of hydrogen-bond donors (Lipinski definition) is 1. The Morgan fingerprint density at radius 1 is 1.46 bits per heavy atom. The third-order valence-electron chi connectivity index (χ3n) is 2.05. The third-order valence-corrected chi connectivity index (χ3v) is 2.05. The van der Waals surface area contributed by atoms with Gasteiger partial charge in [0.2, 0.25) is 5.78 Å². The number of halogens is 1. The summed E-state index contributed by atoms with van der Waals surface area (Å²) >= 11 is 0. The molecule has 0 saturated carbocycles. The minimum atomic E-state index is -0.384. The Morgan fingerprint density at radius 3 is 2.92 bits per heavy atom. The van der Waals surface area contributed by atoms with Gasteiger partial charge in [-0.2, -0.15) is 0 Å². The second-order valence-electron chi connectivity index (χ2n) is 2.85. The van der Waals surface area contributed by atoms with Gasteiger partial charge in [0.1, 0.15) is 11.5 Å². The van der Waals surface area contributed by atoms with E-state index in [4.69, 9.17) is 5.21 Å². The van der Waals surface area contributed by atoms with Crippen LogP contribution in [0.25, 0.3) is 0 Å². The molecule has 66 valence electrons. The second kappa shape index (κ2) is 2.65. The van der Waals surface area contributed by atoms with Crippen molar-refractivity contribution in [1.82, 2.24) is 0 Å². The van der Waals surface area contributed by atoms with Crippen molar-refractivity contribution < 1.29 is 14.4 Å². The molecule has 0 aromatic heterocycles. The molecule has 0 heterocycles. The quantitative estimate of drug-likeness (QED) is 0.483. The molecule has 0 radical (unpaired) electrons. The minimum Gasteiger partial charge on any atom is -0.411 e. The molecule has 2 rings (SSSR count). The number of rotatable bonds is 0. The van der Waals surface area contributed by atoms with Crippen LogP contribution in [0.1, 0.15) is 15.9 Å². The van der Waals surface area contributed by atoms with Crippen LogP contribution < -0.4 is 0 Å². The molecule has 13 heavy (non-hydrogen) atoms. The summed E-state index contributed by atoms with van der Waals surface area (Å²) < 4.78 is 12.7. The van der Waals surface area contributed by atoms with Crippen molar-refractivity contribution in [2.75, 3.05) is 0 Å². The Hall–Kier alpha value is -1.71. The van der Waals surface area contributed by atoms with Crippen molar-refractivity contribution in [3.8, 4) is 0 Å². The van der Waals surface area contributed by atoms with Gasteiger partial charge in [-0.1, -0.05) is 5.16 Å². The fraction of sp³-hybridized carbons (Fsp3) is 0.111. The first-order valence-electron chi connectivity index (χ1n) is 3.76. The summed E-state index contributed by atoms with van der Waals surface area (Å²) in [5, 5.41) is 11.3. The van der Waals surface area contributed by atoms with Crippen LogP contribution >= 0.6 is 0 Å². The number of hydrogen-bond acceptors (Lipinski definition) is 3. The van der Waals surface area contributed by atoms with Gasteiger partial charge >= 0.3 is 0 Å². The van der Waals surface area contributed by atoms with Gasteiger partial charge in [0.25, 0.3) is 0 Å². The van der Waals surface area contributed by atoms with Gasteiger partial charge in [-0.25, -0.2) is 4.39 Å². The summed E-state index contributed by atoms with van der Waals surface area (Å²) in [5.74, 6) is -0.705. The molecule has 1 aliphatic rings. The number of oxime groups is 1. The van der Waals surface area contributed by atoms with Crippen LogP contribution in [-0.4, -0.2) is 16.7 Å². The maximum absolute atomic E-state index is 12.7. The molecule has 1 N–H and O–H groups in total. The number of carbonyl (C=O) groups excluding carboxylic acids is 1. The smallest absolute Gasteiger partial charge is 0.211 e. The Bertz CT molecular complexity index is 412. The van der Waals surface area contributed by atoms with E-state index >= 15 is 0 Å². The standard InChI is InChI=1S/C9H6FNO2/c10-6-1-2-7-5(3-6)4-8(11-13)9(7)12/h1-3,13H,4H2/b11-8+. The highest BCUT2D eigenvalue weighted by atomic mass is 19.1. The molecular weight excluding hydrogens is 173 g/mol. The predicted octanol–water partition coefficient (Wildman–Crippen LogP) is 1.39. The van der Waals surface area contributed by atoms with Crippen molar-refractivity contribution in [3.05, 3.63) is 35.1 Å². The van der Waals surface area contributed by atoms with E-state index in [9.17, 15) is 9.18 Å². The van der Waals surface area contributed by atoms with Gasteiger partial charge in [-0.05, 0) is 23.8 Å². The first kappa shape index (κ1) is 7.91. The molecule has 1 aromatic carbocycles. The maximum atomic E-state index is 12.7. The number of fused-ring (bicyclic) bond motifs is 1. The topological polar surface area (TPSA) is 49.7 Å².